The Labute approximate surface area is 201 Å². The van der Waals surface area contributed by atoms with Crippen molar-refractivity contribution in [2.45, 2.75) is 84.7 Å². The molecule has 194 valence electrons. The molecular formula is C21H41N2O8PS. The van der Waals surface area contributed by atoms with Gasteiger partial charge in [-0.05, 0) is 6.42 Å². The third-order valence-corrected chi connectivity index (χ3v) is 6.32. The molecule has 0 fully saturated rings. The number of carbonyl (C=O) groups is 3. The van der Waals surface area contributed by atoms with E-state index >= 15 is 0 Å². The van der Waals surface area contributed by atoms with Gasteiger partial charge in [-0.25, -0.2) is 4.57 Å². The van der Waals surface area contributed by atoms with E-state index < -0.39 is 31.9 Å². The van der Waals surface area contributed by atoms with Gasteiger partial charge in [0.15, 0.2) is 5.12 Å². The molecule has 0 saturated heterocycles. The quantitative estimate of drug-likeness (QED) is 0.129. The van der Waals surface area contributed by atoms with Gasteiger partial charge in [0.25, 0.3) is 0 Å². The van der Waals surface area contributed by atoms with E-state index in [1.165, 1.54) is 57.7 Å². The fourth-order valence-electron chi connectivity index (χ4n) is 2.82. The average molecular weight is 513 g/mol. The number of nitrogens with one attached hydrogen (secondary N) is 2. The first kappa shape index (κ1) is 32.0. The summed E-state index contributed by atoms with van der Waals surface area (Å²) < 4.78 is 15.1. The normalized spacial score (nSPS) is 12.9. The molecule has 0 aromatic heterocycles. The van der Waals surface area contributed by atoms with Crippen molar-refractivity contribution in [2.75, 3.05) is 25.4 Å². The van der Waals surface area contributed by atoms with Gasteiger partial charge in [-0.15, -0.1) is 0 Å². The van der Waals surface area contributed by atoms with Crippen LogP contribution in [0.15, 0.2) is 0 Å². The fraction of sp³-hybridized carbons (Fsp3) is 0.857. The maximum absolute atomic E-state index is 12.0. The van der Waals surface area contributed by atoms with Crippen LogP contribution in [0.3, 0.4) is 0 Å². The van der Waals surface area contributed by atoms with E-state index in [0.717, 1.165) is 12.8 Å². The maximum atomic E-state index is 12.0. The summed E-state index contributed by atoms with van der Waals surface area (Å²) in [6.07, 6.45) is 7.08. The zero-order valence-corrected chi connectivity index (χ0v) is 21.7. The number of aliphatic hydroxyl groups excluding tert-OH is 1. The van der Waals surface area contributed by atoms with E-state index in [1.807, 2.05) is 0 Å². The number of hydrogen-bond acceptors (Lipinski definition) is 7. The number of phosphoric acid groups is 1. The van der Waals surface area contributed by atoms with Gasteiger partial charge in [0.05, 0.1) is 6.61 Å². The number of hydrogen-bond donors (Lipinski definition) is 5. The third-order valence-electron chi connectivity index (χ3n) is 4.92. The number of thioether (sulfide) groups is 1. The standard InChI is InChI=1S/C21H41N2O8PS/c1-4-5-6-7-8-9-10-11-18(25)33-15-14-22-17(24)12-13-23-20(27)19(26)21(2,3)16-31-32(28,29)30/h19,26H,4-16H2,1-3H3,(H,22,24)(H,23,27)(H2,28,29,30)/t19-/m0/s1. The van der Waals surface area contributed by atoms with E-state index in [9.17, 15) is 24.1 Å². The van der Waals surface area contributed by atoms with Crippen molar-refractivity contribution in [2.24, 2.45) is 5.41 Å². The molecule has 0 aliphatic rings. The highest BCUT2D eigenvalue weighted by molar-refractivity contribution is 8.13. The molecule has 5 N–H and O–H groups in total. The number of unbranched alkanes of at least 4 members (excludes halogenated alkanes) is 6. The maximum Gasteiger partial charge on any atom is 0.469 e. The predicted molar refractivity (Wildman–Crippen MR) is 128 cm³/mol. The first-order chi connectivity index (χ1) is 15.4. The minimum atomic E-state index is -4.72. The molecule has 0 aliphatic carbocycles. The zero-order chi connectivity index (χ0) is 25.3. The molecule has 1 atom stereocenters. The molecule has 0 radical (unpaired) electrons. The van der Waals surface area contributed by atoms with Gasteiger partial charge in [0.2, 0.25) is 11.8 Å². The summed E-state index contributed by atoms with van der Waals surface area (Å²) in [6, 6.07) is 0. The van der Waals surface area contributed by atoms with Gasteiger partial charge >= 0.3 is 7.82 Å². The molecule has 12 heteroatoms. The van der Waals surface area contributed by atoms with Gasteiger partial charge in [-0.3, -0.25) is 18.9 Å². The minimum absolute atomic E-state index is 0.00544. The largest absolute Gasteiger partial charge is 0.469 e. The van der Waals surface area contributed by atoms with Gasteiger partial charge in [-0.1, -0.05) is 71.1 Å². The second kappa shape index (κ2) is 17.5. The van der Waals surface area contributed by atoms with Crippen molar-refractivity contribution in [1.82, 2.24) is 10.6 Å². The van der Waals surface area contributed by atoms with Crippen molar-refractivity contribution < 1.29 is 38.4 Å². The van der Waals surface area contributed by atoms with Gasteiger partial charge in [0, 0.05) is 37.1 Å². The van der Waals surface area contributed by atoms with Crippen LogP contribution >= 0.6 is 19.6 Å². The SMILES string of the molecule is CCCCCCCCCC(=O)SCCNC(=O)CCNC(=O)[C@H](O)C(C)(C)COP(=O)(O)O. The van der Waals surface area contributed by atoms with Crippen molar-refractivity contribution in [3.05, 3.63) is 0 Å². The molecule has 0 unspecified atom stereocenters. The molecular weight excluding hydrogens is 471 g/mol. The summed E-state index contributed by atoms with van der Waals surface area (Å²) in [5.74, 6) is -0.581. The van der Waals surface area contributed by atoms with Crippen molar-refractivity contribution in [3.8, 4) is 0 Å². The topological polar surface area (TPSA) is 162 Å². The predicted octanol–water partition coefficient (Wildman–Crippen LogP) is 2.51. The van der Waals surface area contributed by atoms with Crippen LogP contribution in [0.4, 0.5) is 0 Å². The molecule has 33 heavy (non-hydrogen) atoms. The van der Waals surface area contributed by atoms with E-state index in [1.54, 1.807) is 0 Å². The monoisotopic (exact) mass is 512 g/mol. The summed E-state index contributed by atoms with van der Waals surface area (Å²) in [5, 5.41) is 15.3. The van der Waals surface area contributed by atoms with Crippen LogP contribution in [0.1, 0.15) is 78.6 Å². The van der Waals surface area contributed by atoms with Crippen LogP contribution < -0.4 is 10.6 Å². The van der Waals surface area contributed by atoms with Gasteiger partial charge < -0.3 is 25.5 Å². The van der Waals surface area contributed by atoms with Crippen LogP contribution in [0, 0.1) is 5.41 Å². The van der Waals surface area contributed by atoms with Crippen LogP contribution in [0.2, 0.25) is 0 Å². The lowest BCUT2D eigenvalue weighted by Gasteiger charge is -2.29. The van der Waals surface area contributed by atoms with E-state index in [0.29, 0.717) is 18.7 Å². The third kappa shape index (κ3) is 18.1. The van der Waals surface area contributed by atoms with Crippen LogP contribution in [-0.2, 0) is 23.5 Å². The number of amides is 2. The molecule has 0 spiro atoms. The molecule has 0 rings (SSSR count). The lowest BCUT2D eigenvalue weighted by atomic mass is 9.87. The van der Waals surface area contributed by atoms with Crippen LogP contribution in [-0.4, -0.2) is 63.4 Å². The fourth-order valence-corrected chi connectivity index (χ4v) is 4.04. The number of carbonyl (C=O) groups excluding carboxylic acids is 3. The Hall–Kier alpha value is -0.970. The van der Waals surface area contributed by atoms with Crippen molar-refractivity contribution >= 4 is 36.5 Å². The molecule has 0 bridgehead atoms. The molecule has 0 aromatic rings. The summed E-state index contributed by atoms with van der Waals surface area (Å²) in [5.41, 5.74) is -1.24. The molecule has 0 aliphatic heterocycles. The van der Waals surface area contributed by atoms with Crippen LogP contribution in [0.25, 0.3) is 0 Å². The van der Waals surface area contributed by atoms with Crippen molar-refractivity contribution in [3.63, 3.8) is 0 Å². The Morgan fingerprint density at radius 3 is 2.18 bits per heavy atom. The summed E-state index contributed by atoms with van der Waals surface area (Å²) >= 11 is 1.21. The van der Waals surface area contributed by atoms with Crippen LogP contribution in [0.5, 0.6) is 0 Å². The van der Waals surface area contributed by atoms with E-state index in [-0.39, 0.29) is 24.0 Å². The summed E-state index contributed by atoms with van der Waals surface area (Å²) in [4.78, 5) is 53.2. The smallest absolute Gasteiger partial charge is 0.383 e. The Balaban J connectivity index is 3.87. The Kier molecular flexibility index (Phi) is 16.9. The molecule has 10 nitrogen and oxygen atoms in total. The molecule has 0 aromatic carbocycles. The highest BCUT2D eigenvalue weighted by atomic mass is 32.2. The molecule has 2 amide bonds. The zero-order valence-electron chi connectivity index (χ0n) is 20.0. The first-order valence-corrected chi connectivity index (χ1v) is 14.0. The van der Waals surface area contributed by atoms with Gasteiger partial charge in [-0.2, -0.15) is 0 Å². The van der Waals surface area contributed by atoms with Crippen molar-refractivity contribution in [1.29, 1.82) is 0 Å². The van der Waals surface area contributed by atoms with E-state index in [4.69, 9.17) is 9.79 Å². The lowest BCUT2D eigenvalue weighted by molar-refractivity contribution is -0.137. The highest BCUT2D eigenvalue weighted by Crippen LogP contribution is 2.38. The highest BCUT2D eigenvalue weighted by Gasteiger charge is 2.35. The molecule has 0 saturated carbocycles. The minimum Gasteiger partial charge on any atom is -0.383 e. The first-order valence-electron chi connectivity index (χ1n) is 11.5. The summed E-state index contributed by atoms with van der Waals surface area (Å²) in [6.45, 7) is 4.83. The van der Waals surface area contributed by atoms with Gasteiger partial charge in [0.1, 0.15) is 6.10 Å². The number of aliphatic hydroxyl groups is 1. The summed E-state index contributed by atoms with van der Waals surface area (Å²) in [7, 11) is -4.72. The average Bonchev–Trinajstić information content (AvgIpc) is 2.73. The second-order valence-electron chi connectivity index (χ2n) is 8.64. The molecule has 0 heterocycles. The van der Waals surface area contributed by atoms with E-state index in [2.05, 4.69) is 22.1 Å². The Morgan fingerprint density at radius 2 is 1.58 bits per heavy atom. The Morgan fingerprint density at radius 1 is 0.970 bits per heavy atom. The number of rotatable bonds is 19. The lowest BCUT2D eigenvalue weighted by Crippen LogP contribution is -2.46. The Bertz CT molecular complexity index is 642. The second-order valence-corrected chi connectivity index (χ2v) is 11.0. The number of phosphoric ester groups is 1.